The maximum Gasteiger partial charge on any atom is 0.307 e. The standard InChI is InChI=1S/C39H55N3O4/c1-5-12-32(40-4)26-31-27-34(20-15-29-13-8-7-9-14-29)42(37(31)44)33-18-16-30(17-19-33)25-35(38(45)46)28(3)36(43)39(21-10-11-22-39)23-24-41-6-2/h5,7-9,12-14,16-19,28,31,34-36,41,43H,6,10-11,15,20-27H2,1-4H3,(H,45,46)/b12-5-,40-32?/t28-,31?,34?,35?,36?/m0/s1. The van der Waals surface area contributed by atoms with E-state index in [1.807, 2.05) is 61.2 Å². The van der Waals surface area contributed by atoms with Crippen LogP contribution in [0.4, 0.5) is 5.69 Å². The van der Waals surface area contributed by atoms with Crippen LogP contribution in [0.3, 0.4) is 0 Å². The molecule has 2 aromatic carbocycles. The lowest BCUT2D eigenvalue weighted by Gasteiger charge is -2.40. The van der Waals surface area contributed by atoms with Crippen molar-refractivity contribution in [1.29, 1.82) is 0 Å². The molecular formula is C39H55N3O4. The number of nitrogens with one attached hydrogen (secondary N) is 1. The molecule has 7 nitrogen and oxygen atoms in total. The Morgan fingerprint density at radius 1 is 1.11 bits per heavy atom. The Morgan fingerprint density at radius 3 is 2.41 bits per heavy atom. The first kappa shape index (κ1) is 35.6. The van der Waals surface area contributed by atoms with E-state index in [1.165, 1.54) is 5.56 Å². The zero-order valence-electron chi connectivity index (χ0n) is 28.3. The molecule has 2 fully saturated rings. The molecule has 3 N–H and O–H groups in total. The fourth-order valence-electron chi connectivity index (χ4n) is 7.93. The number of hydrogen-bond donors (Lipinski definition) is 3. The third-order valence-electron chi connectivity index (χ3n) is 10.6. The zero-order valence-corrected chi connectivity index (χ0v) is 28.3. The van der Waals surface area contributed by atoms with Gasteiger partial charge in [0.1, 0.15) is 0 Å². The van der Waals surface area contributed by atoms with E-state index in [1.54, 1.807) is 7.05 Å². The highest BCUT2D eigenvalue weighted by Gasteiger charge is 2.45. The van der Waals surface area contributed by atoms with E-state index in [0.29, 0.717) is 12.8 Å². The number of aliphatic hydroxyl groups excluding tert-OH is 1. The molecule has 0 aromatic heterocycles. The number of aliphatic imine (C=N–C) groups is 1. The maximum absolute atomic E-state index is 13.9. The van der Waals surface area contributed by atoms with Crippen LogP contribution in [0.25, 0.3) is 0 Å². The monoisotopic (exact) mass is 629 g/mol. The van der Waals surface area contributed by atoms with Crippen LogP contribution in [0.2, 0.25) is 0 Å². The summed E-state index contributed by atoms with van der Waals surface area (Å²) in [4.78, 5) is 32.8. The van der Waals surface area contributed by atoms with Gasteiger partial charge in [0.2, 0.25) is 5.91 Å². The number of nitrogens with zero attached hydrogens (tertiary/aromatic N) is 2. The molecule has 1 amide bonds. The maximum atomic E-state index is 13.9. The first-order chi connectivity index (χ1) is 22.2. The summed E-state index contributed by atoms with van der Waals surface area (Å²) in [5.41, 5.74) is 3.72. The van der Waals surface area contributed by atoms with Crippen molar-refractivity contribution in [3.05, 3.63) is 77.9 Å². The van der Waals surface area contributed by atoms with Crippen molar-refractivity contribution >= 4 is 23.3 Å². The number of carbonyl (C=O) groups is 2. The van der Waals surface area contributed by atoms with Crippen molar-refractivity contribution in [3.8, 4) is 0 Å². The quantitative estimate of drug-likeness (QED) is 0.131. The summed E-state index contributed by atoms with van der Waals surface area (Å²) in [7, 11) is 1.78. The lowest BCUT2D eigenvalue weighted by Crippen LogP contribution is -2.44. The summed E-state index contributed by atoms with van der Waals surface area (Å²) in [5.74, 6) is -1.97. The summed E-state index contributed by atoms with van der Waals surface area (Å²) in [6, 6.07) is 18.3. The van der Waals surface area contributed by atoms with E-state index in [4.69, 9.17) is 0 Å². The first-order valence-corrected chi connectivity index (χ1v) is 17.4. The minimum atomic E-state index is -0.872. The molecule has 0 radical (unpaired) electrons. The summed E-state index contributed by atoms with van der Waals surface area (Å²) >= 11 is 0. The minimum Gasteiger partial charge on any atom is -0.481 e. The molecule has 1 saturated heterocycles. The number of rotatable bonds is 17. The molecule has 4 unspecified atom stereocenters. The second kappa shape index (κ2) is 17.0. The summed E-state index contributed by atoms with van der Waals surface area (Å²) < 4.78 is 0. The van der Waals surface area contributed by atoms with Gasteiger partial charge in [-0.3, -0.25) is 14.6 Å². The van der Waals surface area contributed by atoms with Crippen molar-refractivity contribution in [2.45, 2.75) is 97.1 Å². The van der Waals surface area contributed by atoms with Crippen molar-refractivity contribution in [1.82, 2.24) is 5.32 Å². The number of aryl methyl sites for hydroxylation is 1. The van der Waals surface area contributed by atoms with Crippen LogP contribution in [0.15, 0.2) is 71.7 Å². The van der Waals surface area contributed by atoms with Crippen LogP contribution in [-0.4, -0.2) is 60.1 Å². The second-order valence-electron chi connectivity index (χ2n) is 13.5. The van der Waals surface area contributed by atoms with Gasteiger partial charge in [0, 0.05) is 36.8 Å². The smallest absolute Gasteiger partial charge is 0.307 e. The van der Waals surface area contributed by atoms with E-state index >= 15 is 0 Å². The van der Waals surface area contributed by atoms with Gasteiger partial charge in [-0.2, -0.15) is 0 Å². The van der Waals surface area contributed by atoms with Gasteiger partial charge in [0.25, 0.3) is 0 Å². The number of hydrogen-bond acceptors (Lipinski definition) is 5. The van der Waals surface area contributed by atoms with Crippen LogP contribution in [0.5, 0.6) is 0 Å². The highest BCUT2D eigenvalue weighted by molar-refractivity contribution is 6.03. The lowest BCUT2D eigenvalue weighted by atomic mass is 9.69. The van der Waals surface area contributed by atoms with Crippen LogP contribution in [0, 0.1) is 23.2 Å². The van der Waals surface area contributed by atoms with Crippen molar-refractivity contribution < 1.29 is 19.8 Å². The summed E-state index contributed by atoms with van der Waals surface area (Å²) in [6.07, 6.45) is 11.7. The Labute approximate surface area is 276 Å². The number of aliphatic carboxylic acids is 1. The third-order valence-corrected chi connectivity index (χ3v) is 10.6. The van der Waals surface area contributed by atoms with E-state index < -0.39 is 18.0 Å². The third kappa shape index (κ3) is 8.74. The number of carbonyl (C=O) groups excluding carboxylic acids is 1. The SMILES string of the molecule is C/C=C\C(CC1CC(CCc2ccccc2)N(c2ccc(CC(C(=O)O)[C@H](C)C(O)C3(CCNCC)CCCC3)cc2)C1=O)=NC. The molecule has 2 aromatic rings. The predicted octanol–water partition coefficient (Wildman–Crippen LogP) is 6.88. The van der Waals surface area contributed by atoms with E-state index in [9.17, 15) is 19.8 Å². The molecule has 1 saturated carbocycles. The van der Waals surface area contributed by atoms with Crippen LogP contribution >= 0.6 is 0 Å². The van der Waals surface area contributed by atoms with Gasteiger partial charge < -0.3 is 20.4 Å². The molecular weight excluding hydrogens is 574 g/mol. The Hall–Kier alpha value is -3.29. The largest absolute Gasteiger partial charge is 0.481 e. The number of benzene rings is 2. The summed E-state index contributed by atoms with van der Waals surface area (Å²) in [6.45, 7) is 7.68. The van der Waals surface area contributed by atoms with Gasteiger partial charge in [-0.05, 0) is 106 Å². The van der Waals surface area contributed by atoms with Gasteiger partial charge in [-0.1, -0.05) is 75.2 Å². The minimum absolute atomic E-state index is 0.0685. The topological polar surface area (TPSA) is 102 Å². The highest BCUT2D eigenvalue weighted by Crippen LogP contribution is 2.47. The van der Waals surface area contributed by atoms with Crippen LogP contribution in [-0.2, 0) is 22.4 Å². The first-order valence-electron chi connectivity index (χ1n) is 17.4. The zero-order chi connectivity index (χ0) is 33.1. The normalized spacial score (nSPS) is 22.0. The van der Waals surface area contributed by atoms with Crippen molar-refractivity contribution in [3.63, 3.8) is 0 Å². The van der Waals surface area contributed by atoms with E-state index in [0.717, 1.165) is 81.4 Å². The lowest BCUT2D eigenvalue weighted by molar-refractivity contribution is -0.147. The molecule has 46 heavy (non-hydrogen) atoms. The molecule has 5 atom stereocenters. The van der Waals surface area contributed by atoms with E-state index in [-0.39, 0.29) is 29.2 Å². The van der Waals surface area contributed by atoms with Crippen molar-refractivity contribution in [2.75, 3.05) is 25.0 Å². The molecule has 0 bridgehead atoms. The van der Waals surface area contributed by atoms with Gasteiger partial charge in [-0.25, -0.2) is 0 Å². The van der Waals surface area contributed by atoms with Gasteiger partial charge in [0.15, 0.2) is 0 Å². The van der Waals surface area contributed by atoms with Gasteiger partial charge in [0.05, 0.1) is 12.0 Å². The molecule has 250 valence electrons. The van der Waals surface area contributed by atoms with Crippen molar-refractivity contribution in [2.24, 2.45) is 28.2 Å². The van der Waals surface area contributed by atoms with Crippen LogP contribution in [0.1, 0.15) is 83.3 Å². The number of aliphatic hydroxyl groups is 1. The number of carboxylic acids is 1. The molecule has 7 heteroatoms. The second-order valence-corrected chi connectivity index (χ2v) is 13.5. The van der Waals surface area contributed by atoms with Gasteiger partial charge in [-0.15, -0.1) is 0 Å². The molecule has 2 aliphatic rings. The Morgan fingerprint density at radius 2 is 1.80 bits per heavy atom. The predicted molar refractivity (Wildman–Crippen MR) is 187 cm³/mol. The average molecular weight is 630 g/mol. The number of amides is 1. The number of carboxylic acid groups (broad SMARTS) is 1. The Kier molecular flexibility index (Phi) is 13.2. The molecule has 1 aliphatic heterocycles. The molecule has 1 aliphatic carbocycles. The number of allylic oxidation sites excluding steroid dienone is 2. The number of anilines is 1. The van der Waals surface area contributed by atoms with Gasteiger partial charge >= 0.3 is 5.97 Å². The molecule has 4 rings (SSSR count). The Bertz CT molecular complexity index is 1320. The van der Waals surface area contributed by atoms with Crippen LogP contribution < -0.4 is 10.2 Å². The summed E-state index contributed by atoms with van der Waals surface area (Å²) in [5, 5.41) is 25.3. The fourth-order valence-corrected chi connectivity index (χ4v) is 7.93. The Balaban J connectivity index is 1.51. The fraction of sp³-hybridized carbons (Fsp3) is 0.564. The molecule has 1 heterocycles. The van der Waals surface area contributed by atoms with E-state index in [2.05, 4.69) is 41.5 Å². The average Bonchev–Trinajstić information content (AvgIpc) is 3.67. The highest BCUT2D eigenvalue weighted by atomic mass is 16.4. The molecule has 0 spiro atoms.